The average molecular weight is 531 g/mol. The van der Waals surface area contributed by atoms with Gasteiger partial charge in [0.05, 0.1) is 0 Å². The molecule has 0 aromatic heterocycles. The molecule has 1 N–H and O–H groups in total. The van der Waals surface area contributed by atoms with Gasteiger partial charge in [0.2, 0.25) is 0 Å². The Labute approximate surface area is 223 Å². The van der Waals surface area contributed by atoms with Gasteiger partial charge in [-0.25, -0.2) is 14.4 Å². The highest BCUT2D eigenvalue weighted by atomic mass is 35.5. The van der Waals surface area contributed by atoms with Crippen LogP contribution in [-0.4, -0.2) is 47.2 Å². The molecule has 1 heterocycles. The number of hydrogen-bond acceptors (Lipinski definition) is 6. The van der Waals surface area contributed by atoms with Crippen molar-refractivity contribution in [3.63, 3.8) is 0 Å². The number of halogens is 1. The third-order valence-electron chi connectivity index (χ3n) is 6.18. The first-order valence-corrected chi connectivity index (χ1v) is 12.8. The normalized spacial score (nSPS) is 17.6. The Morgan fingerprint density at radius 3 is 1.97 bits per heavy atom. The number of nitrogens with zero attached hydrogens (tertiary/aromatic N) is 1. The zero-order valence-corrected chi connectivity index (χ0v) is 22.3. The van der Waals surface area contributed by atoms with Gasteiger partial charge in [-0.2, -0.15) is 0 Å². The molecule has 9 heteroatoms. The molecule has 2 fully saturated rings. The van der Waals surface area contributed by atoms with E-state index in [0.29, 0.717) is 13.1 Å². The summed E-state index contributed by atoms with van der Waals surface area (Å²) < 4.78 is 15.4. The second kappa shape index (κ2) is 12.8. The van der Waals surface area contributed by atoms with Crippen LogP contribution in [0.4, 0.5) is 14.4 Å². The SMILES string of the molecule is CC(C)(C)OC(=O)N1CCC(NC(=O)OCc2ccccc2)C2(CC2)C1.O=C(Cl)OCc1ccccc1. The third kappa shape index (κ3) is 9.61. The Balaban J connectivity index is 0.000000289. The minimum Gasteiger partial charge on any atom is -0.449 e. The summed E-state index contributed by atoms with van der Waals surface area (Å²) in [5.74, 6) is 0. The second-order valence-corrected chi connectivity index (χ2v) is 10.6. The van der Waals surface area contributed by atoms with E-state index in [2.05, 4.69) is 10.1 Å². The molecule has 1 saturated carbocycles. The van der Waals surface area contributed by atoms with Crippen molar-refractivity contribution in [2.45, 2.75) is 64.9 Å². The summed E-state index contributed by atoms with van der Waals surface area (Å²) in [6.07, 6.45) is 2.08. The van der Waals surface area contributed by atoms with Gasteiger partial charge in [-0.3, -0.25) is 0 Å². The molecule has 2 amide bonds. The molecule has 0 radical (unpaired) electrons. The van der Waals surface area contributed by atoms with E-state index in [1.165, 1.54) is 0 Å². The number of alkyl carbamates (subject to hydrolysis) is 1. The quantitative estimate of drug-likeness (QED) is 0.362. The molecule has 8 nitrogen and oxygen atoms in total. The lowest BCUT2D eigenvalue weighted by Gasteiger charge is -2.39. The standard InChI is InChI=1S/C20H28N2O4.C8H7ClO2/c1-19(2,3)26-18(24)22-12-9-16(20(14-22)10-11-20)21-17(23)25-13-15-7-5-4-6-8-15;9-8(10)11-6-7-4-2-1-3-5-7/h4-8,16H,9-14H2,1-3H3,(H,21,23);1-5H,6H2. The van der Waals surface area contributed by atoms with Crippen LogP contribution in [0.1, 0.15) is 51.2 Å². The summed E-state index contributed by atoms with van der Waals surface area (Å²) in [5.41, 5.74) is 0.601. The van der Waals surface area contributed by atoms with E-state index in [1.807, 2.05) is 81.4 Å². The number of carbonyl (C=O) groups is 3. The average Bonchev–Trinajstić information content (AvgIpc) is 3.63. The first kappa shape index (κ1) is 28.3. The minimum absolute atomic E-state index is 0.0269. The molecule has 1 aliphatic carbocycles. The highest BCUT2D eigenvalue weighted by molar-refractivity contribution is 6.61. The van der Waals surface area contributed by atoms with Crippen LogP contribution in [-0.2, 0) is 27.4 Å². The number of piperidine rings is 1. The summed E-state index contributed by atoms with van der Waals surface area (Å²) in [6.45, 7) is 7.32. The van der Waals surface area contributed by atoms with Crippen LogP contribution in [0.25, 0.3) is 0 Å². The summed E-state index contributed by atoms with van der Waals surface area (Å²) in [4.78, 5) is 36.4. The third-order valence-corrected chi connectivity index (χ3v) is 6.29. The van der Waals surface area contributed by atoms with Crippen molar-refractivity contribution >= 4 is 29.2 Å². The minimum atomic E-state index is -0.770. The van der Waals surface area contributed by atoms with Gasteiger partial charge >= 0.3 is 17.6 Å². The van der Waals surface area contributed by atoms with Gasteiger partial charge in [-0.15, -0.1) is 0 Å². The first-order valence-electron chi connectivity index (χ1n) is 12.4. The van der Waals surface area contributed by atoms with Gasteiger partial charge in [-0.05, 0) is 51.2 Å². The summed E-state index contributed by atoms with van der Waals surface area (Å²) in [7, 11) is 0. The first-order chi connectivity index (χ1) is 17.6. The fourth-order valence-corrected chi connectivity index (χ4v) is 4.21. The summed E-state index contributed by atoms with van der Waals surface area (Å²) in [5, 5.41) is 3.01. The van der Waals surface area contributed by atoms with Crippen molar-refractivity contribution in [1.29, 1.82) is 0 Å². The molecule has 2 aromatic carbocycles. The number of ether oxygens (including phenoxy) is 3. The molecule has 1 aliphatic heterocycles. The lowest BCUT2D eigenvalue weighted by molar-refractivity contribution is 0.0106. The zero-order valence-electron chi connectivity index (χ0n) is 21.6. The largest absolute Gasteiger partial charge is 0.449 e. The van der Waals surface area contributed by atoms with Crippen molar-refractivity contribution in [3.05, 3.63) is 71.8 Å². The Kier molecular flexibility index (Phi) is 9.80. The van der Waals surface area contributed by atoms with Crippen molar-refractivity contribution < 1.29 is 28.6 Å². The maximum absolute atomic E-state index is 12.3. The van der Waals surface area contributed by atoms with Crippen LogP contribution in [0.5, 0.6) is 0 Å². The van der Waals surface area contributed by atoms with Crippen LogP contribution in [0.15, 0.2) is 60.7 Å². The molecule has 1 unspecified atom stereocenters. The maximum atomic E-state index is 12.3. The molecule has 4 rings (SSSR count). The van der Waals surface area contributed by atoms with E-state index in [4.69, 9.17) is 21.1 Å². The van der Waals surface area contributed by atoms with E-state index in [0.717, 1.165) is 30.4 Å². The smallest absolute Gasteiger partial charge is 0.410 e. The van der Waals surface area contributed by atoms with E-state index in [-0.39, 0.29) is 30.8 Å². The number of carbonyl (C=O) groups excluding carboxylic acids is 3. The topological polar surface area (TPSA) is 94.2 Å². The number of amides is 2. The lowest BCUT2D eigenvalue weighted by atomic mass is 9.89. The van der Waals surface area contributed by atoms with Crippen LogP contribution in [0, 0.1) is 5.41 Å². The number of hydrogen-bond donors (Lipinski definition) is 1. The van der Waals surface area contributed by atoms with E-state index < -0.39 is 17.1 Å². The van der Waals surface area contributed by atoms with Gasteiger partial charge in [0, 0.05) is 36.1 Å². The maximum Gasteiger partial charge on any atom is 0.410 e. The number of rotatable bonds is 5. The lowest BCUT2D eigenvalue weighted by Crippen LogP contribution is -2.54. The van der Waals surface area contributed by atoms with Crippen molar-refractivity contribution in [3.8, 4) is 0 Å². The molecule has 0 bridgehead atoms. The van der Waals surface area contributed by atoms with E-state index in [9.17, 15) is 14.4 Å². The predicted octanol–water partition coefficient (Wildman–Crippen LogP) is 6.26. The van der Waals surface area contributed by atoms with Gasteiger partial charge in [-0.1, -0.05) is 60.7 Å². The van der Waals surface area contributed by atoms with Gasteiger partial charge in [0.15, 0.2) is 0 Å². The monoisotopic (exact) mass is 530 g/mol. The number of nitrogens with one attached hydrogen (secondary N) is 1. The molecule has 37 heavy (non-hydrogen) atoms. The highest BCUT2D eigenvalue weighted by Gasteiger charge is 2.54. The molecule has 1 spiro atoms. The fraction of sp³-hybridized carbons (Fsp3) is 0.464. The molecule has 200 valence electrons. The van der Waals surface area contributed by atoms with E-state index >= 15 is 0 Å². The molecule has 1 saturated heterocycles. The number of likely N-dealkylation sites (tertiary alicyclic amines) is 1. The van der Waals surface area contributed by atoms with E-state index in [1.54, 1.807) is 4.90 Å². The van der Waals surface area contributed by atoms with Crippen molar-refractivity contribution in [1.82, 2.24) is 10.2 Å². The Morgan fingerprint density at radius 2 is 1.49 bits per heavy atom. The Bertz CT molecular complexity index is 1040. The second-order valence-electron chi connectivity index (χ2n) is 10.3. The Hall–Kier alpha value is -3.26. The van der Waals surface area contributed by atoms with Gasteiger partial charge < -0.3 is 24.4 Å². The molecule has 2 aromatic rings. The predicted molar refractivity (Wildman–Crippen MR) is 140 cm³/mol. The summed E-state index contributed by atoms with van der Waals surface area (Å²) in [6, 6.07) is 19.0. The molecular weight excluding hydrogens is 496 g/mol. The highest BCUT2D eigenvalue weighted by Crippen LogP contribution is 2.52. The molecule has 2 aliphatic rings. The summed E-state index contributed by atoms with van der Waals surface area (Å²) >= 11 is 4.97. The van der Waals surface area contributed by atoms with Crippen LogP contribution in [0.2, 0.25) is 0 Å². The Morgan fingerprint density at radius 1 is 0.946 bits per heavy atom. The molecule has 1 atom stereocenters. The van der Waals surface area contributed by atoms with Crippen LogP contribution < -0.4 is 5.32 Å². The van der Waals surface area contributed by atoms with Crippen LogP contribution in [0.3, 0.4) is 0 Å². The fourth-order valence-electron chi connectivity index (χ4n) is 4.16. The molecular formula is C28H35ClN2O6. The van der Waals surface area contributed by atoms with Crippen LogP contribution >= 0.6 is 11.6 Å². The van der Waals surface area contributed by atoms with Gasteiger partial charge in [0.25, 0.3) is 0 Å². The van der Waals surface area contributed by atoms with Crippen molar-refractivity contribution in [2.75, 3.05) is 13.1 Å². The van der Waals surface area contributed by atoms with Gasteiger partial charge in [0.1, 0.15) is 18.8 Å². The van der Waals surface area contributed by atoms with Crippen molar-refractivity contribution in [2.24, 2.45) is 5.41 Å². The zero-order chi connectivity index (χ0) is 26.9. The number of benzene rings is 2.